The normalized spacial score (nSPS) is 15.8. The molecule has 1 aliphatic heterocycles. The van der Waals surface area contributed by atoms with E-state index >= 15 is 0 Å². The molecule has 0 aromatic heterocycles. The molecule has 4 heteroatoms. The molecule has 0 spiro atoms. The van der Waals surface area contributed by atoms with Crippen LogP contribution in [-0.2, 0) is 11.2 Å². The number of benzene rings is 2. The lowest BCUT2D eigenvalue weighted by Gasteiger charge is -2.01. The van der Waals surface area contributed by atoms with Crippen molar-refractivity contribution in [1.82, 2.24) is 5.32 Å². The van der Waals surface area contributed by atoms with Crippen molar-refractivity contribution in [2.45, 2.75) is 12.8 Å². The third kappa shape index (κ3) is 3.47. The minimum absolute atomic E-state index is 0.182. The van der Waals surface area contributed by atoms with E-state index in [4.69, 9.17) is 0 Å². The molecule has 1 aliphatic rings. The van der Waals surface area contributed by atoms with Gasteiger partial charge < -0.3 is 5.32 Å². The second kappa shape index (κ2) is 6.35. The largest absolute Gasteiger partial charge is 0.309 e. The molecule has 0 atom stereocenters. The first-order valence-corrected chi connectivity index (χ1v) is 7.11. The Balaban J connectivity index is 1.68. The van der Waals surface area contributed by atoms with Gasteiger partial charge in [-0.25, -0.2) is 9.38 Å². The number of aliphatic imine (C=N–C) groups is 1. The molecule has 0 fully saturated rings. The third-order valence-electron chi connectivity index (χ3n) is 3.41. The van der Waals surface area contributed by atoms with Gasteiger partial charge in [0.2, 0.25) is 0 Å². The molecule has 1 heterocycles. The highest BCUT2D eigenvalue weighted by Crippen LogP contribution is 2.14. The molecular weight excluding hydrogens is 279 g/mol. The Kier molecular flexibility index (Phi) is 4.10. The summed E-state index contributed by atoms with van der Waals surface area (Å²) in [6.07, 6.45) is 3.09. The Morgan fingerprint density at radius 2 is 1.73 bits per heavy atom. The molecule has 0 aliphatic carbocycles. The quantitative estimate of drug-likeness (QED) is 0.863. The fraction of sp³-hybridized carbons (Fsp3) is 0.111. The summed E-state index contributed by atoms with van der Waals surface area (Å²) in [4.78, 5) is 16.2. The van der Waals surface area contributed by atoms with Gasteiger partial charge in [-0.15, -0.1) is 0 Å². The molecule has 0 saturated heterocycles. The number of nitrogens with one attached hydrogen (secondary N) is 1. The lowest BCUT2D eigenvalue weighted by Crippen LogP contribution is -2.24. The van der Waals surface area contributed by atoms with E-state index in [1.165, 1.54) is 12.1 Å². The summed E-state index contributed by atoms with van der Waals surface area (Å²) in [5, 5.41) is 2.77. The molecule has 110 valence electrons. The number of carbonyl (C=O) groups is 1. The number of hydrogen-bond acceptors (Lipinski definition) is 2. The summed E-state index contributed by atoms with van der Waals surface area (Å²) in [6, 6.07) is 16.0. The highest BCUT2D eigenvalue weighted by Gasteiger charge is 2.19. The molecule has 22 heavy (non-hydrogen) atoms. The van der Waals surface area contributed by atoms with E-state index in [9.17, 15) is 9.18 Å². The van der Waals surface area contributed by atoms with E-state index in [0.29, 0.717) is 24.4 Å². The summed E-state index contributed by atoms with van der Waals surface area (Å²) in [6.45, 7) is 0. The predicted molar refractivity (Wildman–Crippen MR) is 84.7 cm³/mol. The summed E-state index contributed by atoms with van der Waals surface area (Å²) in [5.41, 5.74) is 2.37. The molecule has 0 unspecified atom stereocenters. The molecule has 3 rings (SSSR count). The van der Waals surface area contributed by atoms with Crippen molar-refractivity contribution in [2.24, 2.45) is 4.99 Å². The van der Waals surface area contributed by atoms with E-state index in [-0.39, 0.29) is 11.7 Å². The Labute approximate surface area is 128 Å². The van der Waals surface area contributed by atoms with Gasteiger partial charge in [-0.2, -0.15) is 0 Å². The monoisotopic (exact) mass is 294 g/mol. The molecular formula is C18H15FN2O. The standard InChI is InChI=1S/C18H15FN2O/c19-15-9-6-13(7-10-15)8-11-17-20-16(18(22)21-17)12-14-4-2-1-3-5-14/h1-7,9-10,12H,8,11H2,(H,20,21,22)/b16-12+. The average molecular weight is 294 g/mol. The molecule has 1 N–H and O–H groups in total. The van der Waals surface area contributed by atoms with Crippen molar-refractivity contribution in [3.8, 4) is 0 Å². The lowest BCUT2D eigenvalue weighted by atomic mass is 10.1. The zero-order valence-corrected chi connectivity index (χ0v) is 11.9. The van der Waals surface area contributed by atoms with Gasteiger partial charge in [0.25, 0.3) is 5.91 Å². The average Bonchev–Trinajstić information content (AvgIpc) is 2.88. The van der Waals surface area contributed by atoms with Crippen LogP contribution in [0.3, 0.4) is 0 Å². The lowest BCUT2D eigenvalue weighted by molar-refractivity contribution is -0.115. The van der Waals surface area contributed by atoms with Gasteiger partial charge >= 0.3 is 0 Å². The van der Waals surface area contributed by atoms with Crippen molar-refractivity contribution in [3.05, 3.63) is 77.2 Å². The van der Waals surface area contributed by atoms with Crippen LogP contribution >= 0.6 is 0 Å². The summed E-state index contributed by atoms with van der Waals surface area (Å²) >= 11 is 0. The molecule has 0 radical (unpaired) electrons. The number of amidine groups is 1. The van der Waals surface area contributed by atoms with Crippen LogP contribution in [0.15, 0.2) is 65.3 Å². The number of amides is 1. The van der Waals surface area contributed by atoms with Crippen molar-refractivity contribution >= 4 is 17.8 Å². The molecule has 2 aromatic carbocycles. The maximum absolute atomic E-state index is 12.8. The summed E-state index contributed by atoms with van der Waals surface area (Å²) < 4.78 is 12.8. The van der Waals surface area contributed by atoms with Crippen LogP contribution in [0.5, 0.6) is 0 Å². The van der Waals surface area contributed by atoms with Gasteiger partial charge in [0.1, 0.15) is 17.3 Å². The van der Waals surface area contributed by atoms with Crippen LogP contribution in [0.25, 0.3) is 6.08 Å². The second-order valence-electron chi connectivity index (χ2n) is 5.08. The van der Waals surface area contributed by atoms with E-state index in [2.05, 4.69) is 10.3 Å². The Hall–Kier alpha value is -2.75. The van der Waals surface area contributed by atoms with Crippen molar-refractivity contribution in [1.29, 1.82) is 0 Å². The second-order valence-corrected chi connectivity index (χ2v) is 5.08. The number of hydrogen-bond donors (Lipinski definition) is 1. The van der Waals surface area contributed by atoms with E-state index < -0.39 is 0 Å². The highest BCUT2D eigenvalue weighted by molar-refractivity contribution is 6.14. The summed E-state index contributed by atoms with van der Waals surface area (Å²) in [7, 11) is 0. The first kappa shape index (κ1) is 14.2. The maximum atomic E-state index is 12.8. The topological polar surface area (TPSA) is 41.5 Å². The van der Waals surface area contributed by atoms with Crippen molar-refractivity contribution < 1.29 is 9.18 Å². The zero-order valence-electron chi connectivity index (χ0n) is 11.9. The molecule has 3 nitrogen and oxygen atoms in total. The van der Waals surface area contributed by atoms with Crippen LogP contribution in [0, 0.1) is 5.82 Å². The Bertz CT molecular complexity index is 733. The van der Waals surface area contributed by atoms with Crippen LogP contribution in [-0.4, -0.2) is 11.7 Å². The Morgan fingerprint density at radius 3 is 2.45 bits per heavy atom. The van der Waals surface area contributed by atoms with Gasteiger partial charge in [-0.1, -0.05) is 42.5 Å². The van der Waals surface area contributed by atoms with Crippen LogP contribution in [0.4, 0.5) is 4.39 Å². The first-order valence-electron chi connectivity index (χ1n) is 7.11. The maximum Gasteiger partial charge on any atom is 0.275 e. The van der Waals surface area contributed by atoms with Crippen molar-refractivity contribution in [2.75, 3.05) is 0 Å². The molecule has 1 amide bonds. The van der Waals surface area contributed by atoms with Gasteiger partial charge in [0, 0.05) is 6.42 Å². The van der Waals surface area contributed by atoms with E-state index in [1.807, 2.05) is 30.3 Å². The van der Waals surface area contributed by atoms with Crippen molar-refractivity contribution in [3.63, 3.8) is 0 Å². The van der Waals surface area contributed by atoms with E-state index in [0.717, 1.165) is 11.1 Å². The van der Waals surface area contributed by atoms with Gasteiger partial charge in [0.15, 0.2) is 0 Å². The molecule has 2 aromatic rings. The highest BCUT2D eigenvalue weighted by atomic mass is 19.1. The zero-order chi connectivity index (χ0) is 15.4. The number of halogens is 1. The van der Waals surface area contributed by atoms with Gasteiger partial charge in [-0.3, -0.25) is 4.79 Å². The molecule has 0 bridgehead atoms. The smallest absolute Gasteiger partial charge is 0.275 e. The Morgan fingerprint density at radius 1 is 1.00 bits per heavy atom. The first-order chi connectivity index (χ1) is 10.7. The van der Waals surface area contributed by atoms with Crippen LogP contribution < -0.4 is 5.32 Å². The van der Waals surface area contributed by atoms with Crippen LogP contribution in [0.2, 0.25) is 0 Å². The minimum atomic E-state index is -0.247. The summed E-state index contributed by atoms with van der Waals surface area (Å²) in [5.74, 6) is 0.220. The number of carbonyl (C=O) groups excluding carboxylic acids is 1. The fourth-order valence-electron chi connectivity index (χ4n) is 2.26. The SMILES string of the molecule is O=C1NC(CCc2ccc(F)cc2)=N/C1=C/c1ccccc1. The predicted octanol–water partition coefficient (Wildman–Crippen LogP) is 3.33. The number of aryl methyl sites for hydroxylation is 1. The number of nitrogens with zero attached hydrogens (tertiary/aromatic N) is 1. The van der Waals surface area contributed by atoms with Gasteiger partial charge in [0.05, 0.1) is 0 Å². The third-order valence-corrected chi connectivity index (χ3v) is 3.41. The number of rotatable bonds is 4. The van der Waals surface area contributed by atoms with E-state index in [1.54, 1.807) is 18.2 Å². The molecule has 0 saturated carbocycles. The minimum Gasteiger partial charge on any atom is -0.309 e. The fourth-order valence-corrected chi connectivity index (χ4v) is 2.26. The van der Waals surface area contributed by atoms with Crippen LogP contribution in [0.1, 0.15) is 17.5 Å². The van der Waals surface area contributed by atoms with Gasteiger partial charge in [-0.05, 0) is 35.8 Å².